The molecule has 4 N–H and O–H groups in total. The predicted octanol–water partition coefficient (Wildman–Crippen LogP) is -0.482. The van der Waals surface area contributed by atoms with E-state index in [-0.39, 0.29) is 18.1 Å². The van der Waals surface area contributed by atoms with Gasteiger partial charge in [-0.3, -0.25) is 4.79 Å². The molecule has 1 amide bonds. The molecule has 19 heavy (non-hydrogen) atoms. The second-order valence-electron chi connectivity index (χ2n) is 4.76. The monoisotopic (exact) mass is 261 g/mol. The van der Waals surface area contributed by atoms with Crippen molar-refractivity contribution in [2.75, 3.05) is 5.73 Å². The zero-order valence-electron chi connectivity index (χ0n) is 11.2. The Bertz CT molecular complexity index is 604. The number of nitrogens with one attached hydrogen (secondary N) is 1. The Hall–Kier alpha value is -1.88. The molecule has 0 aromatic carbocycles. The predicted molar refractivity (Wildman–Crippen MR) is 74.7 cm³/mol. The van der Waals surface area contributed by atoms with E-state index < -0.39 is 0 Å². The molecule has 1 heterocycles. The number of aliphatic hydroxyl groups excluding tert-OH is 1. The summed E-state index contributed by atoms with van der Waals surface area (Å²) in [4.78, 5) is 16.3. The van der Waals surface area contributed by atoms with Gasteiger partial charge in [0, 0.05) is 17.5 Å². The fraction of sp³-hybridized carbons (Fsp3) is 0.429. The number of aliphatic hydroxyl groups is 1. The van der Waals surface area contributed by atoms with Crippen LogP contribution in [0.5, 0.6) is 0 Å². The van der Waals surface area contributed by atoms with E-state index in [0.717, 1.165) is 10.4 Å². The third kappa shape index (κ3) is 2.61. The molecule has 1 saturated carbocycles. The summed E-state index contributed by atoms with van der Waals surface area (Å²) in [6.07, 6.45) is 6.16. The molecule has 2 rings (SSSR count). The smallest absolute Gasteiger partial charge is 0.253 e. The zero-order chi connectivity index (χ0) is 14.0. The molecule has 1 fully saturated rings. The van der Waals surface area contributed by atoms with Crippen LogP contribution in [-0.4, -0.2) is 28.1 Å². The zero-order valence-corrected chi connectivity index (χ0v) is 11.2. The highest BCUT2D eigenvalue weighted by molar-refractivity contribution is 5.94. The number of amides is 1. The molecule has 102 valence electrons. The van der Waals surface area contributed by atoms with Gasteiger partial charge in [-0.2, -0.15) is 0 Å². The van der Waals surface area contributed by atoms with Crippen molar-refractivity contribution in [2.45, 2.75) is 38.8 Å². The van der Waals surface area contributed by atoms with Gasteiger partial charge >= 0.3 is 0 Å². The van der Waals surface area contributed by atoms with Crippen LogP contribution >= 0.6 is 0 Å². The van der Waals surface area contributed by atoms with Gasteiger partial charge in [-0.25, -0.2) is 4.98 Å². The molecule has 1 aliphatic carbocycles. The van der Waals surface area contributed by atoms with Crippen LogP contribution in [0, 0.1) is 0 Å². The van der Waals surface area contributed by atoms with E-state index in [1.165, 1.54) is 6.20 Å². The molecule has 1 aromatic heterocycles. The standard InChI is InChI=1S/C14H19N3O2/c1-3-10-11(4-2)13(15)16-7-12(10)14(19)17-8-5-9(18)6-8/h3-4,7-9,18H,5-6H2,1-2H3,(H2,15,16)(H,17,19). The van der Waals surface area contributed by atoms with Gasteiger partial charge in [0.25, 0.3) is 5.91 Å². The van der Waals surface area contributed by atoms with E-state index >= 15 is 0 Å². The summed E-state index contributed by atoms with van der Waals surface area (Å²) in [5.41, 5.74) is 6.33. The molecule has 1 aromatic rings. The second kappa shape index (κ2) is 5.40. The van der Waals surface area contributed by atoms with E-state index in [1.54, 1.807) is 0 Å². The Kier molecular flexibility index (Phi) is 3.85. The molecule has 5 nitrogen and oxygen atoms in total. The van der Waals surface area contributed by atoms with Gasteiger partial charge < -0.3 is 16.2 Å². The van der Waals surface area contributed by atoms with Crippen molar-refractivity contribution < 1.29 is 9.90 Å². The van der Waals surface area contributed by atoms with E-state index in [4.69, 9.17) is 5.73 Å². The van der Waals surface area contributed by atoms with Gasteiger partial charge in [-0.15, -0.1) is 0 Å². The summed E-state index contributed by atoms with van der Waals surface area (Å²) in [5.74, 6) is 0.256. The number of rotatable bonds is 2. The molecule has 0 aliphatic heterocycles. The third-order valence-corrected chi connectivity index (χ3v) is 3.46. The Labute approximate surface area is 111 Å². The minimum atomic E-state index is -0.286. The van der Waals surface area contributed by atoms with Gasteiger partial charge in [-0.05, 0) is 31.9 Å². The summed E-state index contributed by atoms with van der Waals surface area (Å²) in [6, 6.07) is 0.0545. The molecule has 0 radical (unpaired) electrons. The number of anilines is 1. The largest absolute Gasteiger partial charge is 0.393 e. The average molecular weight is 261 g/mol. The topological polar surface area (TPSA) is 88.2 Å². The van der Waals surface area contributed by atoms with Crippen LogP contribution in [0.1, 0.15) is 37.0 Å². The number of aromatic nitrogens is 1. The van der Waals surface area contributed by atoms with Crippen molar-refractivity contribution in [3.05, 3.63) is 22.2 Å². The summed E-state index contributed by atoms with van der Waals surface area (Å²) in [6.45, 7) is 3.73. The van der Waals surface area contributed by atoms with Gasteiger partial charge in [0.2, 0.25) is 0 Å². The van der Waals surface area contributed by atoms with Crippen molar-refractivity contribution in [1.82, 2.24) is 10.3 Å². The van der Waals surface area contributed by atoms with Gasteiger partial charge in [-0.1, -0.05) is 12.2 Å². The normalized spacial score (nSPS) is 24.2. The van der Waals surface area contributed by atoms with Crippen molar-refractivity contribution >= 4 is 23.9 Å². The van der Waals surface area contributed by atoms with Crippen LogP contribution in [0.2, 0.25) is 0 Å². The Morgan fingerprint density at radius 3 is 2.58 bits per heavy atom. The number of nitrogen functional groups attached to an aromatic ring is 1. The minimum Gasteiger partial charge on any atom is -0.393 e. The van der Waals surface area contributed by atoms with E-state index in [9.17, 15) is 9.90 Å². The second-order valence-corrected chi connectivity index (χ2v) is 4.76. The van der Waals surface area contributed by atoms with Crippen LogP contribution in [-0.2, 0) is 0 Å². The first-order valence-electron chi connectivity index (χ1n) is 6.43. The maximum absolute atomic E-state index is 12.2. The van der Waals surface area contributed by atoms with E-state index in [1.807, 2.05) is 26.0 Å². The average Bonchev–Trinajstić information content (AvgIpc) is 2.36. The highest BCUT2D eigenvalue weighted by Crippen LogP contribution is 2.19. The first-order valence-corrected chi connectivity index (χ1v) is 6.43. The number of nitrogens with two attached hydrogens (primary N) is 1. The first-order chi connectivity index (χ1) is 9.06. The Morgan fingerprint density at radius 2 is 2.05 bits per heavy atom. The summed E-state index contributed by atoms with van der Waals surface area (Å²) >= 11 is 0. The lowest BCUT2D eigenvalue weighted by Crippen LogP contribution is -2.48. The van der Waals surface area contributed by atoms with Crippen LogP contribution in [0.15, 0.2) is 6.20 Å². The molecule has 0 unspecified atom stereocenters. The van der Waals surface area contributed by atoms with Gasteiger partial charge in [0.15, 0.2) is 0 Å². The maximum atomic E-state index is 12.2. The fourth-order valence-electron chi connectivity index (χ4n) is 2.32. The summed E-state index contributed by atoms with van der Waals surface area (Å²) in [5, 5.41) is 13.7. The highest BCUT2D eigenvalue weighted by Gasteiger charge is 2.28. The highest BCUT2D eigenvalue weighted by atomic mass is 16.3. The number of pyridine rings is 1. The summed E-state index contributed by atoms with van der Waals surface area (Å²) < 4.78 is 0. The van der Waals surface area contributed by atoms with Crippen molar-refractivity contribution in [3.8, 4) is 0 Å². The Balaban J connectivity index is 2.33. The van der Waals surface area contributed by atoms with Crippen LogP contribution in [0.25, 0.3) is 12.2 Å². The van der Waals surface area contributed by atoms with E-state index in [2.05, 4.69) is 10.3 Å². The van der Waals surface area contributed by atoms with Crippen LogP contribution < -0.4 is 21.5 Å². The molecule has 0 atom stereocenters. The SMILES string of the molecule is CC=c1c(C(=O)NC2CC(O)C2)cnc(N)c1=CC. The Morgan fingerprint density at radius 1 is 1.42 bits per heavy atom. The molecule has 0 spiro atoms. The lowest BCUT2D eigenvalue weighted by molar-refractivity contribution is 0.0562. The number of nitrogens with zero attached hydrogens (tertiary/aromatic N) is 1. The van der Waals surface area contributed by atoms with Crippen molar-refractivity contribution in [3.63, 3.8) is 0 Å². The lowest BCUT2D eigenvalue weighted by atomic mass is 9.89. The molecule has 5 heteroatoms. The molecular formula is C14H19N3O2. The van der Waals surface area contributed by atoms with Crippen LogP contribution in [0.4, 0.5) is 5.82 Å². The van der Waals surface area contributed by atoms with Gasteiger partial charge in [0.1, 0.15) is 5.82 Å². The van der Waals surface area contributed by atoms with Gasteiger partial charge in [0.05, 0.1) is 11.7 Å². The maximum Gasteiger partial charge on any atom is 0.253 e. The number of hydrogen-bond donors (Lipinski definition) is 3. The molecule has 1 aliphatic rings. The number of carbonyl (C=O) groups excluding carboxylic acids is 1. The number of carbonyl (C=O) groups is 1. The van der Waals surface area contributed by atoms with E-state index in [0.29, 0.717) is 24.2 Å². The molecular weight excluding hydrogens is 242 g/mol. The quantitative estimate of drug-likeness (QED) is 0.671. The third-order valence-electron chi connectivity index (χ3n) is 3.46. The summed E-state index contributed by atoms with van der Waals surface area (Å²) in [7, 11) is 0. The minimum absolute atomic E-state index is 0.0545. The lowest BCUT2D eigenvalue weighted by Gasteiger charge is -2.31. The first kappa shape index (κ1) is 13.5. The van der Waals surface area contributed by atoms with Crippen molar-refractivity contribution in [2.24, 2.45) is 0 Å². The number of hydrogen-bond acceptors (Lipinski definition) is 4. The molecule has 0 saturated heterocycles. The van der Waals surface area contributed by atoms with Crippen LogP contribution in [0.3, 0.4) is 0 Å². The fourth-order valence-corrected chi connectivity index (χ4v) is 2.32. The molecule has 0 bridgehead atoms. The van der Waals surface area contributed by atoms with Crippen molar-refractivity contribution in [1.29, 1.82) is 0 Å².